The number of pyridine rings is 1. The molecule has 0 bridgehead atoms. The van der Waals surface area contributed by atoms with Gasteiger partial charge in [0, 0.05) is 28.0 Å². The van der Waals surface area contributed by atoms with Gasteiger partial charge in [0.25, 0.3) is 0 Å². The highest BCUT2D eigenvalue weighted by Gasteiger charge is 2.12. The van der Waals surface area contributed by atoms with Gasteiger partial charge in [0.15, 0.2) is 0 Å². The minimum atomic E-state index is 0.272. The first-order valence-corrected chi connectivity index (χ1v) is 6.72. The fraction of sp³-hybridized carbons (Fsp3) is 0.357. The molecule has 0 saturated heterocycles. The molecule has 2 aromatic rings. The van der Waals surface area contributed by atoms with Gasteiger partial charge in [0.05, 0.1) is 5.69 Å². The Morgan fingerprint density at radius 1 is 1.12 bits per heavy atom. The lowest BCUT2D eigenvalue weighted by Gasteiger charge is -2.18. The lowest BCUT2D eigenvalue weighted by atomic mass is 10.1. The molecule has 0 radical (unpaired) electrons. The molecule has 2 rings (SSSR count). The average Bonchev–Trinajstić information content (AvgIpc) is 2.77. The van der Waals surface area contributed by atoms with Crippen molar-refractivity contribution in [2.45, 2.75) is 32.9 Å². The average molecular weight is 246 g/mol. The third-order valence-electron chi connectivity index (χ3n) is 2.82. The second-order valence-electron chi connectivity index (χ2n) is 4.31. The quantitative estimate of drug-likeness (QED) is 0.886. The number of nitrogens with zero attached hydrogens (tertiary/aromatic N) is 1. The van der Waals surface area contributed by atoms with E-state index in [1.54, 1.807) is 0 Å². The van der Waals surface area contributed by atoms with Gasteiger partial charge in [-0.15, -0.1) is 11.3 Å². The molecule has 2 heterocycles. The van der Waals surface area contributed by atoms with Crippen LogP contribution in [-0.4, -0.2) is 4.98 Å². The summed E-state index contributed by atoms with van der Waals surface area (Å²) in [5.41, 5.74) is 1.09. The maximum atomic E-state index is 4.37. The largest absolute Gasteiger partial charge is 0.301 e. The van der Waals surface area contributed by atoms with Crippen LogP contribution in [0.4, 0.5) is 0 Å². The molecule has 0 aliphatic carbocycles. The number of nitrogens with one attached hydrogen (secondary N) is 1. The maximum Gasteiger partial charge on any atom is 0.0570 e. The summed E-state index contributed by atoms with van der Waals surface area (Å²) >= 11 is 1.85. The molecule has 0 aromatic carbocycles. The normalized spacial score (nSPS) is 14.5. The van der Waals surface area contributed by atoms with Gasteiger partial charge < -0.3 is 5.32 Å². The molecule has 2 unspecified atom stereocenters. The molecule has 2 nitrogen and oxygen atoms in total. The maximum absolute atomic E-state index is 4.37. The molecule has 0 aliphatic heterocycles. The third kappa shape index (κ3) is 3.14. The van der Waals surface area contributed by atoms with Crippen molar-refractivity contribution < 1.29 is 0 Å². The van der Waals surface area contributed by atoms with Gasteiger partial charge in [-0.05, 0) is 45.0 Å². The second kappa shape index (κ2) is 5.43. The smallest absolute Gasteiger partial charge is 0.0570 e. The topological polar surface area (TPSA) is 24.9 Å². The van der Waals surface area contributed by atoms with E-state index in [1.165, 1.54) is 9.75 Å². The predicted molar refractivity (Wildman–Crippen MR) is 73.3 cm³/mol. The van der Waals surface area contributed by atoms with Gasteiger partial charge in [-0.3, -0.25) is 4.98 Å². The van der Waals surface area contributed by atoms with Crippen LogP contribution in [0.5, 0.6) is 0 Å². The van der Waals surface area contributed by atoms with Gasteiger partial charge in [-0.25, -0.2) is 0 Å². The highest BCUT2D eigenvalue weighted by atomic mass is 32.1. The monoisotopic (exact) mass is 246 g/mol. The van der Waals surface area contributed by atoms with Crippen LogP contribution in [0.1, 0.15) is 41.4 Å². The summed E-state index contributed by atoms with van der Waals surface area (Å²) in [6.07, 6.45) is 1.84. The van der Waals surface area contributed by atoms with Crippen molar-refractivity contribution in [3.8, 4) is 0 Å². The minimum absolute atomic E-state index is 0.272. The number of aryl methyl sites for hydroxylation is 1. The van der Waals surface area contributed by atoms with Crippen molar-refractivity contribution in [3.05, 3.63) is 52.0 Å². The van der Waals surface area contributed by atoms with E-state index in [0.717, 1.165) is 5.69 Å². The molecule has 2 atom stereocenters. The van der Waals surface area contributed by atoms with Crippen molar-refractivity contribution in [2.75, 3.05) is 0 Å². The highest BCUT2D eigenvalue weighted by molar-refractivity contribution is 7.12. The number of thiophene rings is 1. The van der Waals surface area contributed by atoms with Crippen LogP contribution >= 0.6 is 11.3 Å². The zero-order valence-corrected chi connectivity index (χ0v) is 11.3. The van der Waals surface area contributed by atoms with Gasteiger partial charge >= 0.3 is 0 Å². The van der Waals surface area contributed by atoms with E-state index in [-0.39, 0.29) is 6.04 Å². The number of rotatable bonds is 4. The summed E-state index contributed by atoms with van der Waals surface area (Å²) in [6.45, 7) is 6.49. The minimum Gasteiger partial charge on any atom is -0.301 e. The molecule has 2 aromatic heterocycles. The fourth-order valence-corrected chi connectivity index (χ4v) is 2.75. The standard InChI is InChI=1S/C14H18N2S/c1-10-7-8-14(17-10)12(3)16-11(2)13-6-4-5-9-15-13/h4-9,11-12,16H,1-3H3. The van der Waals surface area contributed by atoms with E-state index in [2.05, 4.69) is 49.3 Å². The predicted octanol–water partition coefficient (Wildman–Crippen LogP) is 3.86. The van der Waals surface area contributed by atoms with Crippen LogP contribution in [0.25, 0.3) is 0 Å². The van der Waals surface area contributed by atoms with E-state index in [1.807, 2.05) is 29.7 Å². The molecule has 0 spiro atoms. The fourth-order valence-electron chi connectivity index (χ4n) is 1.86. The first-order chi connectivity index (χ1) is 8.16. The number of hydrogen-bond donors (Lipinski definition) is 1. The van der Waals surface area contributed by atoms with E-state index in [0.29, 0.717) is 6.04 Å². The van der Waals surface area contributed by atoms with Crippen LogP contribution in [0.15, 0.2) is 36.5 Å². The van der Waals surface area contributed by atoms with E-state index < -0.39 is 0 Å². The molecule has 0 amide bonds. The Hall–Kier alpha value is -1.19. The third-order valence-corrected chi connectivity index (χ3v) is 4.00. The van der Waals surface area contributed by atoms with Crippen LogP contribution in [0, 0.1) is 6.92 Å². The SMILES string of the molecule is Cc1ccc(C(C)NC(C)c2ccccn2)s1. The molecule has 0 fully saturated rings. The molecule has 3 heteroatoms. The summed E-state index contributed by atoms with van der Waals surface area (Å²) in [5, 5.41) is 3.57. The van der Waals surface area contributed by atoms with Crippen LogP contribution in [0.3, 0.4) is 0 Å². The number of aromatic nitrogens is 1. The molecule has 0 saturated carbocycles. The summed E-state index contributed by atoms with van der Waals surface area (Å²) in [4.78, 5) is 7.11. The van der Waals surface area contributed by atoms with Crippen molar-refractivity contribution in [2.24, 2.45) is 0 Å². The lowest BCUT2D eigenvalue weighted by Crippen LogP contribution is -2.22. The first kappa shape index (κ1) is 12.3. The van der Waals surface area contributed by atoms with Crippen molar-refractivity contribution in [1.29, 1.82) is 0 Å². The Morgan fingerprint density at radius 3 is 2.53 bits per heavy atom. The van der Waals surface area contributed by atoms with Crippen molar-refractivity contribution >= 4 is 11.3 Å². The zero-order valence-electron chi connectivity index (χ0n) is 10.5. The van der Waals surface area contributed by atoms with E-state index in [4.69, 9.17) is 0 Å². The van der Waals surface area contributed by atoms with Gasteiger partial charge in [0.2, 0.25) is 0 Å². The Morgan fingerprint density at radius 2 is 1.94 bits per heavy atom. The molecule has 1 N–H and O–H groups in total. The zero-order chi connectivity index (χ0) is 12.3. The summed E-state index contributed by atoms with van der Waals surface area (Å²) in [7, 11) is 0. The van der Waals surface area contributed by atoms with Gasteiger partial charge in [-0.1, -0.05) is 6.07 Å². The van der Waals surface area contributed by atoms with E-state index in [9.17, 15) is 0 Å². The molecule has 17 heavy (non-hydrogen) atoms. The number of hydrogen-bond acceptors (Lipinski definition) is 3. The highest BCUT2D eigenvalue weighted by Crippen LogP contribution is 2.24. The van der Waals surface area contributed by atoms with Gasteiger partial charge in [-0.2, -0.15) is 0 Å². The Labute approximate surface area is 107 Å². The van der Waals surface area contributed by atoms with Crippen LogP contribution in [-0.2, 0) is 0 Å². The molecule has 0 aliphatic rings. The Balaban J connectivity index is 2.02. The summed E-state index contributed by atoms with van der Waals surface area (Å²) in [6, 6.07) is 11.0. The van der Waals surface area contributed by atoms with E-state index >= 15 is 0 Å². The Kier molecular flexibility index (Phi) is 3.92. The molecular formula is C14H18N2S. The van der Waals surface area contributed by atoms with Gasteiger partial charge in [0.1, 0.15) is 0 Å². The first-order valence-electron chi connectivity index (χ1n) is 5.90. The van der Waals surface area contributed by atoms with Crippen LogP contribution < -0.4 is 5.32 Å². The Bertz CT molecular complexity index is 464. The summed E-state index contributed by atoms with van der Waals surface area (Å²) in [5.74, 6) is 0. The molecule has 90 valence electrons. The second-order valence-corrected chi connectivity index (χ2v) is 5.63. The van der Waals surface area contributed by atoms with Crippen LogP contribution in [0.2, 0.25) is 0 Å². The van der Waals surface area contributed by atoms with Crippen molar-refractivity contribution in [3.63, 3.8) is 0 Å². The molecular weight excluding hydrogens is 228 g/mol. The van der Waals surface area contributed by atoms with Crippen molar-refractivity contribution in [1.82, 2.24) is 10.3 Å². The lowest BCUT2D eigenvalue weighted by molar-refractivity contribution is 0.491. The summed E-state index contributed by atoms with van der Waals surface area (Å²) < 4.78 is 0.